The van der Waals surface area contributed by atoms with Gasteiger partial charge in [0.2, 0.25) is 11.9 Å². The third-order valence-electron chi connectivity index (χ3n) is 3.78. The summed E-state index contributed by atoms with van der Waals surface area (Å²) in [5.74, 6) is 1.61. The Morgan fingerprint density at radius 3 is 2.95 bits per heavy atom. The fourth-order valence-electron chi connectivity index (χ4n) is 2.80. The van der Waals surface area contributed by atoms with Crippen LogP contribution in [0.3, 0.4) is 0 Å². The summed E-state index contributed by atoms with van der Waals surface area (Å²) < 4.78 is 0. The Balaban J connectivity index is 1.79. The van der Waals surface area contributed by atoms with Crippen LogP contribution in [0.2, 0.25) is 0 Å². The molecule has 1 fully saturated rings. The third kappa shape index (κ3) is 2.97. The molecular weight excluding hydrogens is 266 g/mol. The van der Waals surface area contributed by atoms with E-state index in [2.05, 4.69) is 30.9 Å². The van der Waals surface area contributed by atoms with Gasteiger partial charge >= 0.3 is 0 Å². The van der Waals surface area contributed by atoms with Gasteiger partial charge in [-0.3, -0.25) is 4.90 Å². The number of likely N-dealkylation sites (tertiary alicyclic amines) is 1. The third-order valence-corrected chi connectivity index (χ3v) is 3.78. The molecule has 3 heterocycles. The largest absolute Gasteiger partial charge is 0.368 e. The van der Waals surface area contributed by atoms with Gasteiger partial charge in [-0.05, 0) is 31.5 Å². The number of rotatable bonds is 4. The molecule has 1 unspecified atom stereocenters. The number of nitrogens with zero attached hydrogens (tertiary/aromatic N) is 5. The maximum absolute atomic E-state index is 5.79. The first kappa shape index (κ1) is 13.8. The van der Waals surface area contributed by atoms with Crippen LogP contribution in [0, 0.1) is 0 Å². The summed E-state index contributed by atoms with van der Waals surface area (Å²) in [5.41, 5.74) is 7.04. The standard InChI is InChI=1S/C14H21N7/c1-20(2)14-18-12(17-13(15)19-14)9-21-8-4-6-11(21)10-5-3-7-16-10/h3,5,7,11,16H,4,6,8-9H2,1-2H3,(H2,15,17,18,19). The minimum absolute atomic E-state index is 0.277. The Morgan fingerprint density at radius 2 is 2.24 bits per heavy atom. The molecule has 112 valence electrons. The van der Waals surface area contributed by atoms with E-state index in [4.69, 9.17) is 5.73 Å². The summed E-state index contributed by atoms with van der Waals surface area (Å²) in [4.78, 5) is 20.4. The zero-order valence-electron chi connectivity index (χ0n) is 12.5. The SMILES string of the molecule is CN(C)c1nc(N)nc(CN2CCCC2c2ccc[nH]2)n1. The first-order chi connectivity index (χ1) is 10.1. The highest BCUT2D eigenvalue weighted by atomic mass is 15.3. The molecule has 21 heavy (non-hydrogen) atoms. The van der Waals surface area contributed by atoms with E-state index >= 15 is 0 Å². The van der Waals surface area contributed by atoms with Crippen LogP contribution in [0.25, 0.3) is 0 Å². The van der Waals surface area contributed by atoms with Crippen molar-refractivity contribution in [1.82, 2.24) is 24.8 Å². The molecule has 0 aromatic carbocycles. The Hall–Kier alpha value is -2.15. The molecule has 0 saturated carbocycles. The highest BCUT2D eigenvalue weighted by molar-refractivity contribution is 5.32. The Morgan fingerprint density at radius 1 is 1.38 bits per heavy atom. The molecule has 1 aliphatic rings. The van der Waals surface area contributed by atoms with Crippen LogP contribution in [-0.4, -0.2) is 45.5 Å². The molecule has 3 N–H and O–H groups in total. The molecule has 2 aromatic rings. The summed E-state index contributed by atoms with van der Waals surface area (Å²) in [5, 5.41) is 0. The van der Waals surface area contributed by atoms with Crippen LogP contribution >= 0.6 is 0 Å². The molecule has 1 saturated heterocycles. The van der Waals surface area contributed by atoms with Crippen LogP contribution in [0.4, 0.5) is 11.9 Å². The topological polar surface area (TPSA) is 87.0 Å². The normalized spacial score (nSPS) is 19.0. The molecule has 1 atom stereocenters. The molecule has 0 radical (unpaired) electrons. The minimum atomic E-state index is 0.277. The fraction of sp³-hybridized carbons (Fsp3) is 0.500. The smallest absolute Gasteiger partial charge is 0.229 e. The molecule has 0 aliphatic carbocycles. The summed E-state index contributed by atoms with van der Waals surface area (Å²) >= 11 is 0. The predicted molar refractivity (Wildman–Crippen MR) is 81.7 cm³/mol. The van der Waals surface area contributed by atoms with Gasteiger partial charge in [-0.2, -0.15) is 15.0 Å². The zero-order valence-corrected chi connectivity index (χ0v) is 12.5. The van der Waals surface area contributed by atoms with Crippen molar-refractivity contribution in [1.29, 1.82) is 0 Å². The fourth-order valence-corrected chi connectivity index (χ4v) is 2.80. The second-order valence-electron chi connectivity index (χ2n) is 5.56. The summed E-state index contributed by atoms with van der Waals surface area (Å²) in [6.45, 7) is 1.74. The van der Waals surface area contributed by atoms with Crippen molar-refractivity contribution in [3.63, 3.8) is 0 Å². The van der Waals surface area contributed by atoms with Crippen LogP contribution < -0.4 is 10.6 Å². The van der Waals surface area contributed by atoms with Crippen LogP contribution in [-0.2, 0) is 6.54 Å². The Kier molecular flexibility index (Phi) is 3.74. The summed E-state index contributed by atoms with van der Waals surface area (Å²) in [7, 11) is 3.80. The van der Waals surface area contributed by atoms with Crippen molar-refractivity contribution in [2.45, 2.75) is 25.4 Å². The highest BCUT2D eigenvalue weighted by Gasteiger charge is 2.27. The molecule has 0 bridgehead atoms. The van der Waals surface area contributed by atoms with Gasteiger partial charge in [0.25, 0.3) is 0 Å². The molecule has 7 heteroatoms. The monoisotopic (exact) mass is 287 g/mol. The van der Waals surface area contributed by atoms with E-state index in [-0.39, 0.29) is 5.95 Å². The molecule has 0 spiro atoms. The molecule has 3 rings (SSSR count). The van der Waals surface area contributed by atoms with Gasteiger partial charge < -0.3 is 15.6 Å². The van der Waals surface area contributed by atoms with Gasteiger partial charge in [-0.25, -0.2) is 0 Å². The second-order valence-corrected chi connectivity index (χ2v) is 5.56. The van der Waals surface area contributed by atoms with Gasteiger partial charge in [0.15, 0.2) is 0 Å². The first-order valence-corrected chi connectivity index (χ1v) is 7.18. The number of hydrogen-bond acceptors (Lipinski definition) is 6. The molecule has 2 aromatic heterocycles. The number of hydrogen-bond donors (Lipinski definition) is 2. The van der Waals surface area contributed by atoms with Crippen molar-refractivity contribution in [3.8, 4) is 0 Å². The Labute approximate surface area is 124 Å². The van der Waals surface area contributed by atoms with E-state index in [9.17, 15) is 0 Å². The maximum Gasteiger partial charge on any atom is 0.229 e. The lowest BCUT2D eigenvalue weighted by molar-refractivity contribution is 0.239. The number of anilines is 2. The number of nitrogens with one attached hydrogen (secondary N) is 1. The highest BCUT2D eigenvalue weighted by Crippen LogP contribution is 2.31. The zero-order chi connectivity index (χ0) is 14.8. The van der Waals surface area contributed by atoms with E-state index in [1.54, 1.807) is 0 Å². The summed E-state index contributed by atoms with van der Waals surface area (Å²) in [6, 6.07) is 4.58. The predicted octanol–water partition coefficient (Wildman–Crippen LogP) is 1.18. The lowest BCUT2D eigenvalue weighted by Gasteiger charge is -2.23. The van der Waals surface area contributed by atoms with Crippen molar-refractivity contribution in [2.75, 3.05) is 31.3 Å². The molecule has 0 amide bonds. The van der Waals surface area contributed by atoms with Gasteiger partial charge in [0.05, 0.1) is 12.6 Å². The van der Waals surface area contributed by atoms with E-state index in [1.807, 2.05) is 31.3 Å². The lowest BCUT2D eigenvalue weighted by atomic mass is 10.1. The van der Waals surface area contributed by atoms with Gasteiger partial charge in [0.1, 0.15) is 5.82 Å². The quantitative estimate of drug-likeness (QED) is 0.878. The number of nitrogen functional groups attached to an aromatic ring is 1. The van der Waals surface area contributed by atoms with Crippen LogP contribution in [0.5, 0.6) is 0 Å². The van der Waals surface area contributed by atoms with Crippen LogP contribution in [0.15, 0.2) is 18.3 Å². The average molecular weight is 287 g/mol. The van der Waals surface area contributed by atoms with E-state index in [0.29, 0.717) is 18.5 Å². The maximum atomic E-state index is 5.79. The minimum Gasteiger partial charge on any atom is -0.368 e. The lowest BCUT2D eigenvalue weighted by Crippen LogP contribution is -2.25. The second kappa shape index (κ2) is 5.69. The molecule has 7 nitrogen and oxygen atoms in total. The Bertz CT molecular complexity index is 593. The average Bonchev–Trinajstić information content (AvgIpc) is 3.08. The number of H-pyrrole nitrogens is 1. The molecule has 1 aliphatic heterocycles. The van der Waals surface area contributed by atoms with Crippen molar-refractivity contribution in [3.05, 3.63) is 29.8 Å². The van der Waals surface area contributed by atoms with Crippen molar-refractivity contribution in [2.24, 2.45) is 0 Å². The van der Waals surface area contributed by atoms with Crippen molar-refractivity contribution >= 4 is 11.9 Å². The van der Waals surface area contributed by atoms with E-state index in [1.165, 1.54) is 12.1 Å². The number of aromatic amines is 1. The van der Waals surface area contributed by atoms with Gasteiger partial charge in [0, 0.05) is 26.0 Å². The van der Waals surface area contributed by atoms with Gasteiger partial charge in [-0.1, -0.05) is 0 Å². The molecular formula is C14H21N7. The number of aromatic nitrogens is 4. The van der Waals surface area contributed by atoms with E-state index < -0.39 is 0 Å². The first-order valence-electron chi connectivity index (χ1n) is 7.18. The van der Waals surface area contributed by atoms with Crippen molar-refractivity contribution < 1.29 is 0 Å². The van der Waals surface area contributed by atoms with E-state index in [0.717, 1.165) is 18.8 Å². The number of nitrogens with two attached hydrogens (primary N) is 1. The van der Waals surface area contributed by atoms with Gasteiger partial charge in [-0.15, -0.1) is 0 Å². The van der Waals surface area contributed by atoms with Crippen LogP contribution in [0.1, 0.15) is 30.4 Å². The summed E-state index contributed by atoms with van der Waals surface area (Å²) in [6.07, 6.45) is 4.31.